The molecule has 0 atom stereocenters. The summed E-state index contributed by atoms with van der Waals surface area (Å²) in [6.07, 6.45) is 2.14. The molecule has 0 radical (unpaired) electrons. The maximum Gasteiger partial charge on any atom is 0.0480 e. The van der Waals surface area contributed by atoms with E-state index < -0.39 is 0 Å². The number of nitrogens with zero attached hydrogens (tertiary/aromatic N) is 2. The number of nitrogens with one attached hydrogen (secondary N) is 1. The second kappa shape index (κ2) is 4.51. The van der Waals surface area contributed by atoms with Crippen LogP contribution < -0.4 is 5.32 Å². The van der Waals surface area contributed by atoms with Gasteiger partial charge in [0.25, 0.3) is 0 Å². The van der Waals surface area contributed by atoms with Crippen LogP contribution in [0.25, 0.3) is 10.9 Å². The first-order valence-corrected chi connectivity index (χ1v) is 6.30. The van der Waals surface area contributed by atoms with Gasteiger partial charge < -0.3 is 9.88 Å². The molecule has 0 aliphatic carbocycles. The van der Waals surface area contributed by atoms with Crippen LogP contribution in [0.4, 0.5) is 0 Å². The van der Waals surface area contributed by atoms with Gasteiger partial charge in [-0.25, -0.2) is 0 Å². The average molecular weight is 229 g/mol. The first kappa shape index (κ1) is 10.8. The normalized spacial score (nSPS) is 17.7. The van der Waals surface area contributed by atoms with Crippen LogP contribution in [-0.4, -0.2) is 35.6 Å². The number of fused-ring (bicyclic) bond motifs is 1. The number of rotatable bonds is 2. The van der Waals surface area contributed by atoms with Crippen LogP contribution in [0.5, 0.6) is 0 Å². The lowest BCUT2D eigenvalue weighted by atomic mass is 10.1. The van der Waals surface area contributed by atoms with Gasteiger partial charge in [0.2, 0.25) is 0 Å². The fourth-order valence-electron chi connectivity index (χ4n) is 2.61. The van der Waals surface area contributed by atoms with Gasteiger partial charge in [-0.1, -0.05) is 12.1 Å². The fraction of sp³-hybridized carbons (Fsp3) is 0.429. The van der Waals surface area contributed by atoms with E-state index >= 15 is 0 Å². The van der Waals surface area contributed by atoms with E-state index in [-0.39, 0.29) is 0 Å². The highest BCUT2D eigenvalue weighted by atomic mass is 15.2. The van der Waals surface area contributed by atoms with Gasteiger partial charge in [0, 0.05) is 56.9 Å². The Balaban J connectivity index is 1.89. The summed E-state index contributed by atoms with van der Waals surface area (Å²) in [6, 6.07) is 8.84. The molecule has 1 aliphatic heterocycles. The zero-order chi connectivity index (χ0) is 11.7. The third-order valence-corrected chi connectivity index (χ3v) is 3.62. The minimum Gasteiger partial charge on any atom is -0.351 e. The van der Waals surface area contributed by atoms with Crippen molar-refractivity contribution in [1.29, 1.82) is 0 Å². The predicted octanol–water partition coefficient (Wildman–Crippen LogP) is 1.58. The number of hydrogen-bond acceptors (Lipinski definition) is 2. The number of piperazine rings is 1. The van der Waals surface area contributed by atoms with Gasteiger partial charge in [-0.05, 0) is 17.7 Å². The lowest BCUT2D eigenvalue weighted by molar-refractivity contribution is 0.234. The summed E-state index contributed by atoms with van der Waals surface area (Å²) in [4.78, 5) is 2.53. The van der Waals surface area contributed by atoms with E-state index in [9.17, 15) is 0 Å². The van der Waals surface area contributed by atoms with Crippen molar-refractivity contribution in [1.82, 2.24) is 14.8 Å². The summed E-state index contributed by atoms with van der Waals surface area (Å²) in [5.41, 5.74) is 2.78. The number of hydrogen-bond donors (Lipinski definition) is 1. The topological polar surface area (TPSA) is 20.2 Å². The quantitative estimate of drug-likeness (QED) is 0.844. The van der Waals surface area contributed by atoms with Crippen LogP contribution in [-0.2, 0) is 13.6 Å². The van der Waals surface area contributed by atoms with Gasteiger partial charge in [0.1, 0.15) is 0 Å². The van der Waals surface area contributed by atoms with E-state index in [0.29, 0.717) is 0 Å². The maximum atomic E-state index is 3.40. The molecule has 0 bridgehead atoms. The third-order valence-electron chi connectivity index (χ3n) is 3.62. The predicted molar refractivity (Wildman–Crippen MR) is 71.1 cm³/mol. The summed E-state index contributed by atoms with van der Waals surface area (Å²) in [5, 5.41) is 4.79. The minimum atomic E-state index is 1.07. The standard InChI is InChI=1S/C14H19N3/c1-16-8-5-13-12(3-2-4-14(13)16)11-17-9-6-15-7-10-17/h2-5,8,15H,6-7,9-11H2,1H3. The van der Waals surface area contributed by atoms with Crippen molar-refractivity contribution in [2.75, 3.05) is 26.2 Å². The Bertz CT molecular complexity index is 509. The Kier molecular flexibility index (Phi) is 2.87. The van der Waals surface area contributed by atoms with Crippen molar-refractivity contribution in [2.24, 2.45) is 7.05 Å². The van der Waals surface area contributed by atoms with Crippen molar-refractivity contribution < 1.29 is 0 Å². The number of aromatic nitrogens is 1. The van der Waals surface area contributed by atoms with Crippen LogP contribution >= 0.6 is 0 Å². The summed E-state index contributed by atoms with van der Waals surface area (Å²) in [5.74, 6) is 0. The van der Waals surface area contributed by atoms with Crippen molar-refractivity contribution in [3.05, 3.63) is 36.0 Å². The van der Waals surface area contributed by atoms with E-state index in [1.807, 2.05) is 0 Å². The molecule has 2 heterocycles. The summed E-state index contributed by atoms with van der Waals surface area (Å²) in [7, 11) is 2.11. The fourth-order valence-corrected chi connectivity index (χ4v) is 2.61. The number of benzene rings is 1. The van der Waals surface area contributed by atoms with E-state index in [4.69, 9.17) is 0 Å². The van der Waals surface area contributed by atoms with Gasteiger partial charge in [0.15, 0.2) is 0 Å². The van der Waals surface area contributed by atoms with Crippen molar-refractivity contribution in [3.8, 4) is 0 Å². The lowest BCUT2D eigenvalue weighted by Gasteiger charge is -2.27. The SMILES string of the molecule is Cn1ccc2c(CN3CCNCC3)cccc21. The lowest BCUT2D eigenvalue weighted by Crippen LogP contribution is -2.42. The Morgan fingerprint density at radius 3 is 2.82 bits per heavy atom. The van der Waals surface area contributed by atoms with Gasteiger partial charge in [-0.15, -0.1) is 0 Å². The molecule has 0 spiro atoms. The molecule has 1 N–H and O–H groups in total. The van der Waals surface area contributed by atoms with Gasteiger partial charge in [-0.2, -0.15) is 0 Å². The highest BCUT2D eigenvalue weighted by Gasteiger charge is 2.11. The summed E-state index contributed by atoms with van der Waals surface area (Å²) < 4.78 is 2.19. The Labute approximate surface area is 102 Å². The Hall–Kier alpha value is -1.32. The van der Waals surface area contributed by atoms with Crippen LogP contribution in [0, 0.1) is 0 Å². The molecule has 90 valence electrons. The Morgan fingerprint density at radius 1 is 1.18 bits per heavy atom. The van der Waals surface area contributed by atoms with Crippen LogP contribution in [0.3, 0.4) is 0 Å². The molecule has 3 nitrogen and oxygen atoms in total. The first-order valence-electron chi connectivity index (χ1n) is 6.30. The molecule has 0 saturated carbocycles. The molecule has 1 aromatic heterocycles. The van der Waals surface area contributed by atoms with Crippen LogP contribution in [0.1, 0.15) is 5.56 Å². The molecule has 3 heteroatoms. The van der Waals surface area contributed by atoms with Crippen molar-refractivity contribution >= 4 is 10.9 Å². The smallest absolute Gasteiger partial charge is 0.0480 e. The monoisotopic (exact) mass is 229 g/mol. The van der Waals surface area contributed by atoms with E-state index in [2.05, 4.69) is 52.3 Å². The van der Waals surface area contributed by atoms with Gasteiger partial charge in [-0.3, -0.25) is 4.90 Å². The van der Waals surface area contributed by atoms with Crippen LogP contribution in [0.2, 0.25) is 0 Å². The molecule has 3 rings (SSSR count). The van der Waals surface area contributed by atoms with Crippen LogP contribution in [0.15, 0.2) is 30.5 Å². The largest absolute Gasteiger partial charge is 0.351 e. The van der Waals surface area contributed by atoms with Crippen molar-refractivity contribution in [3.63, 3.8) is 0 Å². The molecule has 1 aliphatic rings. The van der Waals surface area contributed by atoms with E-state index in [0.717, 1.165) is 32.7 Å². The molecular weight excluding hydrogens is 210 g/mol. The van der Waals surface area contributed by atoms with Gasteiger partial charge >= 0.3 is 0 Å². The molecule has 1 saturated heterocycles. The summed E-state index contributed by atoms with van der Waals surface area (Å²) in [6.45, 7) is 5.62. The second-order valence-corrected chi connectivity index (χ2v) is 4.80. The van der Waals surface area contributed by atoms with E-state index in [1.165, 1.54) is 16.5 Å². The molecule has 0 unspecified atom stereocenters. The molecule has 1 fully saturated rings. The number of aryl methyl sites for hydroxylation is 1. The zero-order valence-electron chi connectivity index (χ0n) is 10.3. The summed E-state index contributed by atoms with van der Waals surface area (Å²) >= 11 is 0. The average Bonchev–Trinajstić information content (AvgIpc) is 2.74. The highest BCUT2D eigenvalue weighted by molar-refractivity contribution is 5.83. The molecule has 1 aromatic carbocycles. The molecule has 0 amide bonds. The zero-order valence-corrected chi connectivity index (χ0v) is 10.3. The molecular formula is C14H19N3. The first-order chi connectivity index (χ1) is 8.34. The highest BCUT2D eigenvalue weighted by Crippen LogP contribution is 2.20. The van der Waals surface area contributed by atoms with Crippen molar-refractivity contribution in [2.45, 2.75) is 6.54 Å². The van der Waals surface area contributed by atoms with E-state index in [1.54, 1.807) is 0 Å². The minimum absolute atomic E-state index is 1.07. The van der Waals surface area contributed by atoms with Gasteiger partial charge in [0.05, 0.1) is 0 Å². The maximum absolute atomic E-state index is 3.40. The molecule has 2 aromatic rings. The Morgan fingerprint density at radius 2 is 2.00 bits per heavy atom. The molecule has 17 heavy (non-hydrogen) atoms. The second-order valence-electron chi connectivity index (χ2n) is 4.80. The third kappa shape index (κ3) is 2.08.